The van der Waals surface area contributed by atoms with E-state index in [4.69, 9.17) is 17.0 Å². The van der Waals surface area contributed by atoms with Crippen molar-refractivity contribution in [2.45, 2.75) is 6.92 Å². The summed E-state index contributed by atoms with van der Waals surface area (Å²) in [7, 11) is 0. The van der Waals surface area contributed by atoms with Gasteiger partial charge in [-0.1, -0.05) is 36.0 Å². The maximum atomic E-state index is 12.6. The molecular weight excluding hydrogens is 384 g/mol. The molecule has 2 aromatic rings. The highest BCUT2D eigenvalue weighted by molar-refractivity contribution is 8.26. The predicted molar refractivity (Wildman–Crippen MR) is 108 cm³/mol. The van der Waals surface area contributed by atoms with Gasteiger partial charge in [-0.3, -0.25) is 15.0 Å². The third kappa shape index (κ3) is 4.29. The van der Waals surface area contributed by atoms with Crippen LogP contribution in [0.4, 0.5) is 0 Å². The molecule has 0 aromatic heterocycles. The number of hydrogen-bond donors (Lipinski definition) is 2. The molecule has 27 heavy (non-hydrogen) atoms. The van der Waals surface area contributed by atoms with E-state index in [1.807, 2.05) is 31.2 Å². The minimum atomic E-state index is -0.619. The summed E-state index contributed by atoms with van der Waals surface area (Å²) in [5, 5.41) is 10.8. The Balaban J connectivity index is 1.74. The summed E-state index contributed by atoms with van der Waals surface area (Å²) in [6.45, 7) is 2.48. The van der Waals surface area contributed by atoms with Crippen LogP contribution in [0.5, 0.6) is 11.5 Å². The van der Waals surface area contributed by atoms with Crippen molar-refractivity contribution in [2.24, 2.45) is 0 Å². The van der Waals surface area contributed by atoms with Crippen molar-refractivity contribution in [1.29, 1.82) is 0 Å². The van der Waals surface area contributed by atoms with Gasteiger partial charge in [-0.2, -0.15) is 5.01 Å². The fourth-order valence-electron chi connectivity index (χ4n) is 2.37. The molecule has 8 heteroatoms. The van der Waals surface area contributed by atoms with Gasteiger partial charge in [-0.05, 0) is 55.0 Å². The number of phenols is 1. The Bertz CT molecular complexity index is 926. The molecule has 2 amide bonds. The first-order valence-electron chi connectivity index (χ1n) is 8.09. The zero-order valence-electron chi connectivity index (χ0n) is 14.3. The Labute approximate surface area is 165 Å². The van der Waals surface area contributed by atoms with E-state index in [-0.39, 0.29) is 15.6 Å². The predicted octanol–water partition coefficient (Wildman–Crippen LogP) is 3.34. The van der Waals surface area contributed by atoms with Gasteiger partial charge in [0.1, 0.15) is 11.5 Å². The number of nitrogens with one attached hydrogen (secondary N) is 1. The highest BCUT2D eigenvalue weighted by atomic mass is 32.2. The smallest absolute Gasteiger partial charge is 0.285 e. The standard InChI is InChI=1S/C19H16N2O4S2/c1-2-25-13-9-7-12(8-10-13)11-16-18(24)21(19(26)27-16)20-17(23)14-5-3-4-6-15(14)22/h3-11,22H,2H2,1H3,(H,20,23)/b16-11+. The molecule has 0 unspecified atom stereocenters. The van der Waals surface area contributed by atoms with E-state index in [1.165, 1.54) is 12.1 Å². The quantitative estimate of drug-likeness (QED) is 0.592. The number of amides is 2. The maximum absolute atomic E-state index is 12.6. The average Bonchev–Trinajstić information content (AvgIpc) is 2.91. The molecule has 138 valence electrons. The first-order valence-corrected chi connectivity index (χ1v) is 9.32. The molecule has 1 heterocycles. The second-order valence-electron chi connectivity index (χ2n) is 5.48. The van der Waals surface area contributed by atoms with E-state index >= 15 is 0 Å². The summed E-state index contributed by atoms with van der Waals surface area (Å²) in [6.07, 6.45) is 1.70. The molecule has 2 aromatic carbocycles. The second-order valence-corrected chi connectivity index (χ2v) is 7.15. The van der Waals surface area contributed by atoms with Crippen molar-refractivity contribution in [1.82, 2.24) is 10.4 Å². The van der Waals surface area contributed by atoms with Crippen LogP contribution in [0.2, 0.25) is 0 Å². The summed E-state index contributed by atoms with van der Waals surface area (Å²) in [6, 6.07) is 13.4. The van der Waals surface area contributed by atoms with Gasteiger partial charge in [0.25, 0.3) is 11.8 Å². The molecule has 0 atom stereocenters. The summed E-state index contributed by atoms with van der Waals surface area (Å²) in [5.74, 6) is -0.475. The van der Waals surface area contributed by atoms with Crippen LogP contribution in [0.15, 0.2) is 53.4 Å². The summed E-state index contributed by atoms with van der Waals surface area (Å²) in [4.78, 5) is 25.3. The van der Waals surface area contributed by atoms with Crippen LogP contribution in [0.1, 0.15) is 22.8 Å². The number of hydrogen-bond acceptors (Lipinski definition) is 6. The number of thiocarbonyl (C=S) groups is 1. The fraction of sp³-hybridized carbons (Fsp3) is 0.105. The molecule has 0 bridgehead atoms. The zero-order valence-corrected chi connectivity index (χ0v) is 16.0. The zero-order chi connectivity index (χ0) is 19.4. The molecule has 1 fully saturated rings. The molecular formula is C19H16N2O4S2. The third-order valence-corrected chi connectivity index (χ3v) is 4.95. The van der Waals surface area contributed by atoms with Gasteiger partial charge < -0.3 is 9.84 Å². The van der Waals surface area contributed by atoms with Gasteiger partial charge in [0, 0.05) is 0 Å². The van der Waals surface area contributed by atoms with Crippen molar-refractivity contribution in [3.8, 4) is 11.5 Å². The number of ether oxygens (including phenoxy) is 1. The van der Waals surface area contributed by atoms with Crippen molar-refractivity contribution >= 4 is 46.2 Å². The normalized spacial score (nSPS) is 15.3. The highest BCUT2D eigenvalue weighted by Crippen LogP contribution is 2.32. The monoisotopic (exact) mass is 400 g/mol. The van der Waals surface area contributed by atoms with Crippen LogP contribution in [-0.4, -0.2) is 32.9 Å². The van der Waals surface area contributed by atoms with E-state index in [2.05, 4.69) is 5.43 Å². The molecule has 1 aliphatic rings. The number of aromatic hydroxyl groups is 1. The summed E-state index contributed by atoms with van der Waals surface area (Å²) < 4.78 is 5.60. The molecule has 2 N–H and O–H groups in total. The van der Waals surface area contributed by atoms with Crippen LogP contribution < -0.4 is 10.2 Å². The Kier molecular flexibility index (Phi) is 5.78. The Morgan fingerprint density at radius 1 is 1.26 bits per heavy atom. The average molecular weight is 400 g/mol. The summed E-state index contributed by atoms with van der Waals surface area (Å²) >= 11 is 6.29. The Morgan fingerprint density at radius 2 is 1.96 bits per heavy atom. The van der Waals surface area contributed by atoms with Gasteiger partial charge in [-0.15, -0.1) is 0 Å². The lowest BCUT2D eigenvalue weighted by atomic mass is 10.2. The number of thioether (sulfide) groups is 1. The van der Waals surface area contributed by atoms with Gasteiger partial charge in [-0.25, -0.2) is 0 Å². The molecule has 0 saturated carbocycles. The number of carbonyl (C=O) groups is 2. The third-order valence-electron chi connectivity index (χ3n) is 3.64. The van der Waals surface area contributed by atoms with E-state index in [0.717, 1.165) is 28.1 Å². The van der Waals surface area contributed by atoms with Gasteiger partial charge in [0.05, 0.1) is 17.1 Å². The van der Waals surface area contributed by atoms with Crippen molar-refractivity contribution in [3.63, 3.8) is 0 Å². The largest absolute Gasteiger partial charge is 0.507 e. The second kappa shape index (κ2) is 8.24. The lowest BCUT2D eigenvalue weighted by Crippen LogP contribution is -2.44. The van der Waals surface area contributed by atoms with Crippen LogP contribution in [-0.2, 0) is 4.79 Å². The van der Waals surface area contributed by atoms with E-state index in [9.17, 15) is 14.7 Å². The van der Waals surface area contributed by atoms with Gasteiger partial charge in [0.2, 0.25) is 0 Å². The van der Waals surface area contributed by atoms with Crippen molar-refractivity contribution in [3.05, 3.63) is 64.6 Å². The SMILES string of the molecule is CCOc1ccc(/C=C2/SC(=S)N(NC(=O)c3ccccc3O)C2=O)cc1. The number of para-hydroxylation sites is 1. The Morgan fingerprint density at radius 3 is 2.63 bits per heavy atom. The van der Waals surface area contributed by atoms with Crippen LogP contribution >= 0.6 is 24.0 Å². The van der Waals surface area contributed by atoms with E-state index in [1.54, 1.807) is 18.2 Å². The number of carbonyl (C=O) groups excluding carboxylic acids is 2. The number of rotatable bonds is 5. The van der Waals surface area contributed by atoms with Crippen molar-refractivity contribution in [2.75, 3.05) is 6.61 Å². The van der Waals surface area contributed by atoms with Crippen molar-refractivity contribution < 1.29 is 19.4 Å². The van der Waals surface area contributed by atoms with E-state index in [0.29, 0.717) is 11.5 Å². The number of nitrogens with zero attached hydrogens (tertiary/aromatic N) is 1. The number of phenolic OH excluding ortho intramolecular Hbond substituents is 1. The molecule has 1 saturated heterocycles. The van der Waals surface area contributed by atoms with Crippen LogP contribution in [0.3, 0.4) is 0 Å². The van der Waals surface area contributed by atoms with Crippen LogP contribution in [0.25, 0.3) is 6.08 Å². The topological polar surface area (TPSA) is 78.9 Å². The Hall–Kier alpha value is -2.84. The lowest BCUT2D eigenvalue weighted by Gasteiger charge is -2.16. The highest BCUT2D eigenvalue weighted by Gasteiger charge is 2.34. The minimum absolute atomic E-state index is 0.0574. The molecule has 1 aliphatic heterocycles. The molecule has 3 rings (SSSR count). The van der Waals surface area contributed by atoms with E-state index < -0.39 is 11.8 Å². The molecule has 0 spiro atoms. The van der Waals surface area contributed by atoms with Gasteiger partial charge in [0.15, 0.2) is 4.32 Å². The van der Waals surface area contributed by atoms with Gasteiger partial charge >= 0.3 is 0 Å². The first kappa shape index (κ1) is 18.9. The maximum Gasteiger partial charge on any atom is 0.285 e. The first-order chi connectivity index (χ1) is 13.0. The lowest BCUT2D eigenvalue weighted by molar-refractivity contribution is -0.123. The summed E-state index contributed by atoms with van der Waals surface area (Å²) in [5.41, 5.74) is 3.31. The molecule has 6 nitrogen and oxygen atoms in total. The molecule has 0 aliphatic carbocycles. The number of benzene rings is 2. The fourth-order valence-corrected chi connectivity index (χ4v) is 3.55. The minimum Gasteiger partial charge on any atom is -0.507 e. The molecule has 0 radical (unpaired) electrons. The van der Waals surface area contributed by atoms with Crippen LogP contribution in [0, 0.1) is 0 Å². The number of hydrazine groups is 1.